The van der Waals surface area contributed by atoms with Crippen LogP contribution in [0.15, 0.2) is 73.1 Å². The van der Waals surface area contributed by atoms with Crippen LogP contribution < -0.4 is 9.80 Å². The lowest BCUT2D eigenvalue weighted by atomic mass is 10.1. The van der Waals surface area contributed by atoms with Crippen LogP contribution in [-0.4, -0.2) is 29.0 Å². The van der Waals surface area contributed by atoms with Crippen LogP contribution in [0, 0.1) is 0 Å². The van der Waals surface area contributed by atoms with Crippen molar-refractivity contribution in [1.82, 2.24) is 9.97 Å². The Morgan fingerprint density at radius 3 is 1.93 bits per heavy atom. The largest absolute Gasteiger partial charge is 0.341 e. The van der Waals surface area contributed by atoms with Crippen LogP contribution in [0.25, 0.3) is 0 Å². The Balaban J connectivity index is 1.85. The number of benzene rings is 2. The summed E-state index contributed by atoms with van der Waals surface area (Å²) in [6.07, 6.45) is 5.35. The van der Waals surface area contributed by atoms with Gasteiger partial charge in [-0.05, 0) is 30.5 Å². The fraction of sp³-hybridized carbons (Fsp3) is 0.292. The molecule has 5 heteroatoms. The van der Waals surface area contributed by atoms with Gasteiger partial charge in [0.2, 0.25) is 5.95 Å². The van der Waals surface area contributed by atoms with Gasteiger partial charge < -0.3 is 9.80 Å². The summed E-state index contributed by atoms with van der Waals surface area (Å²) in [6, 6.07) is 19.7. The molecule has 29 heavy (non-hydrogen) atoms. The second-order valence-electron chi connectivity index (χ2n) is 6.97. The summed E-state index contributed by atoms with van der Waals surface area (Å²) < 4.78 is 0. The number of anilines is 2. The normalized spacial score (nSPS) is 10.6. The van der Waals surface area contributed by atoms with E-state index in [1.165, 1.54) is 0 Å². The summed E-state index contributed by atoms with van der Waals surface area (Å²) in [7, 11) is 0. The molecule has 0 saturated heterocycles. The molecule has 3 aromatic rings. The van der Waals surface area contributed by atoms with E-state index in [9.17, 15) is 4.79 Å². The lowest BCUT2D eigenvalue weighted by molar-refractivity contribution is 0.0984. The number of carbonyl (C=O) groups is 1. The van der Waals surface area contributed by atoms with Crippen molar-refractivity contribution in [2.75, 3.05) is 22.9 Å². The highest BCUT2D eigenvalue weighted by atomic mass is 16.2. The van der Waals surface area contributed by atoms with Crippen LogP contribution in [0.5, 0.6) is 0 Å². The number of hydrogen-bond acceptors (Lipinski definition) is 4. The highest BCUT2D eigenvalue weighted by Crippen LogP contribution is 2.20. The Morgan fingerprint density at radius 1 is 0.828 bits per heavy atom. The van der Waals surface area contributed by atoms with Gasteiger partial charge in [0.15, 0.2) is 0 Å². The minimum absolute atomic E-state index is 0.107. The lowest BCUT2D eigenvalue weighted by Gasteiger charge is -2.24. The van der Waals surface area contributed by atoms with E-state index in [0.29, 0.717) is 18.1 Å². The summed E-state index contributed by atoms with van der Waals surface area (Å²) in [6.45, 7) is 6.59. The van der Waals surface area contributed by atoms with Gasteiger partial charge in [0.05, 0.1) is 12.1 Å². The zero-order valence-electron chi connectivity index (χ0n) is 17.2. The standard InChI is InChI=1S/C24H28N4O/c1-3-15-27(16-4-2)24-25-17-21(18-26-24)23(29)28(22-13-9-6-10-14-22)19-20-11-7-5-8-12-20/h5-14,17-18H,3-4,15-16,19H2,1-2H3. The van der Waals surface area contributed by atoms with Crippen LogP contribution >= 0.6 is 0 Å². The molecule has 2 aromatic carbocycles. The summed E-state index contributed by atoms with van der Waals surface area (Å²) in [5.41, 5.74) is 2.41. The van der Waals surface area contributed by atoms with Gasteiger partial charge in [0, 0.05) is 31.2 Å². The first-order chi connectivity index (χ1) is 14.2. The quantitative estimate of drug-likeness (QED) is 0.520. The monoisotopic (exact) mass is 388 g/mol. The molecule has 0 spiro atoms. The molecule has 1 heterocycles. The molecule has 5 nitrogen and oxygen atoms in total. The molecule has 0 fully saturated rings. The van der Waals surface area contributed by atoms with E-state index in [2.05, 4.69) is 28.7 Å². The van der Waals surface area contributed by atoms with Gasteiger partial charge in [-0.25, -0.2) is 9.97 Å². The molecule has 0 bridgehead atoms. The van der Waals surface area contributed by atoms with Crippen molar-refractivity contribution in [3.05, 3.63) is 84.2 Å². The van der Waals surface area contributed by atoms with E-state index >= 15 is 0 Å². The van der Waals surface area contributed by atoms with Gasteiger partial charge in [-0.2, -0.15) is 0 Å². The SMILES string of the molecule is CCCN(CCC)c1ncc(C(=O)N(Cc2ccccc2)c2ccccc2)cn1. The molecule has 0 N–H and O–H groups in total. The Labute approximate surface area is 173 Å². The fourth-order valence-electron chi connectivity index (χ4n) is 3.26. The molecular weight excluding hydrogens is 360 g/mol. The lowest BCUT2D eigenvalue weighted by Crippen LogP contribution is -2.31. The van der Waals surface area contributed by atoms with Crippen LogP contribution in [0.4, 0.5) is 11.6 Å². The number of amides is 1. The van der Waals surface area contributed by atoms with Gasteiger partial charge in [-0.1, -0.05) is 62.4 Å². The Hall–Kier alpha value is -3.21. The smallest absolute Gasteiger partial charge is 0.261 e. The van der Waals surface area contributed by atoms with E-state index in [-0.39, 0.29) is 5.91 Å². The molecule has 0 radical (unpaired) electrons. The van der Waals surface area contributed by atoms with E-state index in [1.807, 2.05) is 60.7 Å². The molecule has 0 unspecified atom stereocenters. The van der Waals surface area contributed by atoms with E-state index < -0.39 is 0 Å². The molecule has 1 amide bonds. The first kappa shape index (κ1) is 20.5. The Kier molecular flexibility index (Phi) is 7.34. The second kappa shape index (κ2) is 10.4. The highest BCUT2D eigenvalue weighted by Gasteiger charge is 2.19. The first-order valence-electron chi connectivity index (χ1n) is 10.2. The summed E-state index contributed by atoms with van der Waals surface area (Å²) in [5, 5.41) is 0. The van der Waals surface area contributed by atoms with Crippen LogP contribution in [0.3, 0.4) is 0 Å². The molecule has 0 aliphatic heterocycles. The number of rotatable bonds is 9. The third-order valence-corrected chi connectivity index (χ3v) is 4.65. The molecule has 1 aromatic heterocycles. The topological polar surface area (TPSA) is 49.3 Å². The average molecular weight is 389 g/mol. The first-order valence-corrected chi connectivity index (χ1v) is 10.2. The van der Waals surface area contributed by atoms with Crippen molar-refractivity contribution >= 4 is 17.5 Å². The third-order valence-electron chi connectivity index (χ3n) is 4.65. The molecule has 0 saturated carbocycles. The van der Waals surface area contributed by atoms with E-state index in [4.69, 9.17) is 0 Å². The number of hydrogen-bond donors (Lipinski definition) is 0. The fourth-order valence-corrected chi connectivity index (χ4v) is 3.26. The molecule has 0 aliphatic rings. The van der Waals surface area contributed by atoms with Crippen LogP contribution in [0.1, 0.15) is 42.6 Å². The van der Waals surface area contributed by atoms with Gasteiger partial charge in [-0.15, -0.1) is 0 Å². The van der Waals surface area contributed by atoms with Gasteiger partial charge >= 0.3 is 0 Å². The summed E-state index contributed by atoms with van der Waals surface area (Å²) >= 11 is 0. The minimum Gasteiger partial charge on any atom is -0.341 e. The maximum absolute atomic E-state index is 13.3. The molecule has 0 atom stereocenters. The highest BCUT2D eigenvalue weighted by molar-refractivity contribution is 6.05. The summed E-state index contributed by atoms with van der Waals surface area (Å²) in [4.78, 5) is 26.2. The molecule has 0 aliphatic carbocycles. The van der Waals surface area contributed by atoms with Crippen molar-refractivity contribution < 1.29 is 4.79 Å². The predicted molar refractivity (Wildman–Crippen MR) is 118 cm³/mol. The van der Waals surface area contributed by atoms with Gasteiger partial charge in [0.25, 0.3) is 5.91 Å². The molecule has 3 rings (SSSR count). The predicted octanol–water partition coefficient (Wildman–Crippen LogP) is 4.95. The van der Waals surface area contributed by atoms with Crippen molar-refractivity contribution in [3.63, 3.8) is 0 Å². The minimum atomic E-state index is -0.107. The van der Waals surface area contributed by atoms with Gasteiger partial charge in [-0.3, -0.25) is 4.79 Å². The third kappa shape index (κ3) is 5.41. The Morgan fingerprint density at radius 2 is 1.38 bits per heavy atom. The van der Waals surface area contributed by atoms with Crippen molar-refractivity contribution in [2.45, 2.75) is 33.2 Å². The average Bonchev–Trinajstić information content (AvgIpc) is 2.78. The second-order valence-corrected chi connectivity index (χ2v) is 6.97. The van der Waals surface area contributed by atoms with Crippen LogP contribution in [0.2, 0.25) is 0 Å². The zero-order valence-corrected chi connectivity index (χ0v) is 17.2. The van der Waals surface area contributed by atoms with E-state index in [1.54, 1.807) is 17.3 Å². The van der Waals surface area contributed by atoms with E-state index in [0.717, 1.165) is 37.2 Å². The molecule has 150 valence electrons. The summed E-state index contributed by atoms with van der Waals surface area (Å²) in [5.74, 6) is 0.573. The molecular formula is C24H28N4O. The number of aromatic nitrogens is 2. The zero-order chi connectivity index (χ0) is 20.5. The maximum atomic E-state index is 13.3. The maximum Gasteiger partial charge on any atom is 0.261 e. The number of nitrogens with zero attached hydrogens (tertiary/aromatic N) is 4. The number of para-hydroxylation sites is 1. The van der Waals surface area contributed by atoms with Crippen molar-refractivity contribution in [2.24, 2.45) is 0 Å². The van der Waals surface area contributed by atoms with Crippen LogP contribution in [-0.2, 0) is 6.54 Å². The number of carbonyl (C=O) groups excluding carboxylic acids is 1. The van der Waals surface area contributed by atoms with Crippen molar-refractivity contribution in [3.8, 4) is 0 Å². The Bertz CT molecular complexity index is 876. The van der Waals surface area contributed by atoms with Gasteiger partial charge in [0.1, 0.15) is 0 Å². The van der Waals surface area contributed by atoms with Crippen molar-refractivity contribution in [1.29, 1.82) is 0 Å².